The second-order valence-corrected chi connectivity index (χ2v) is 16.9. The molecule has 4 heterocycles. The van der Waals surface area contributed by atoms with Gasteiger partial charge in [0.2, 0.25) is 13.4 Å². The lowest BCUT2D eigenvalue weighted by molar-refractivity contribution is -0.138. The second kappa shape index (κ2) is 10.3. The fourth-order valence-corrected chi connectivity index (χ4v) is 11.3. The van der Waals surface area contributed by atoms with Crippen LogP contribution in [0.15, 0.2) is 97.1 Å². The monoisotopic (exact) mass is 742 g/mol. The van der Waals surface area contributed by atoms with Gasteiger partial charge in [-0.25, -0.2) is 0 Å². The minimum Gasteiger partial charge on any atom is -0.166 e. The number of halogens is 6. The van der Waals surface area contributed by atoms with Gasteiger partial charge >= 0.3 is 12.4 Å². The van der Waals surface area contributed by atoms with Gasteiger partial charge in [-0.3, -0.25) is 0 Å². The molecule has 0 bridgehead atoms. The molecule has 0 N–H and O–H groups in total. The van der Waals surface area contributed by atoms with Gasteiger partial charge in [-0.15, -0.1) is 0 Å². The van der Waals surface area contributed by atoms with Gasteiger partial charge in [0, 0.05) is 0 Å². The highest BCUT2D eigenvalue weighted by Crippen LogP contribution is 2.51. The highest BCUT2D eigenvalue weighted by Gasteiger charge is 2.47. The molecule has 8 heteroatoms. The molecule has 4 aliphatic heterocycles. The molecular formula is C48H30B2F6. The molecule has 0 amide bonds. The SMILES string of the molecule is CC(C)c1cc2c3c(cc4c(C(C)C)cc5c6c(cc1c3c46)B1c3ccccc3-c3cc(C(F)(F)F)cc-5c31)B1c3ccccc3-c3cc(C(F)(F)F)cc-2c31. The normalized spacial score (nSPS) is 14.5. The van der Waals surface area contributed by atoms with E-state index in [2.05, 4.69) is 52.0 Å². The second-order valence-electron chi connectivity index (χ2n) is 16.9. The summed E-state index contributed by atoms with van der Waals surface area (Å²) >= 11 is 0. The molecule has 0 radical (unpaired) electrons. The Hall–Kier alpha value is -5.49. The van der Waals surface area contributed by atoms with E-state index in [4.69, 9.17) is 0 Å². The average molecular weight is 742 g/mol. The largest absolute Gasteiger partial charge is 0.416 e. The van der Waals surface area contributed by atoms with E-state index >= 15 is 0 Å². The zero-order chi connectivity index (χ0) is 38.5. The average Bonchev–Trinajstić information content (AvgIpc) is 3.68. The van der Waals surface area contributed by atoms with Crippen LogP contribution in [0.3, 0.4) is 0 Å². The summed E-state index contributed by atoms with van der Waals surface area (Å²) in [6.07, 6.45) is -9.09. The van der Waals surface area contributed by atoms with Gasteiger partial charge in [-0.05, 0) is 136 Å². The van der Waals surface area contributed by atoms with Crippen molar-refractivity contribution in [1.82, 2.24) is 0 Å². The number of fused-ring (bicyclic) bond motifs is 10. The Morgan fingerprint density at radius 2 is 0.750 bits per heavy atom. The van der Waals surface area contributed by atoms with Gasteiger partial charge in [-0.1, -0.05) is 121 Å². The summed E-state index contributed by atoms with van der Waals surface area (Å²) in [5.74, 6) is 0.0573. The van der Waals surface area contributed by atoms with E-state index in [1.807, 2.05) is 48.5 Å². The maximum Gasteiger partial charge on any atom is 0.416 e. The van der Waals surface area contributed by atoms with Crippen molar-refractivity contribution in [2.24, 2.45) is 0 Å². The third-order valence-corrected chi connectivity index (χ3v) is 13.4. The highest BCUT2D eigenvalue weighted by molar-refractivity contribution is 7.03. The Morgan fingerprint density at radius 1 is 0.393 bits per heavy atom. The molecule has 0 aliphatic carbocycles. The van der Waals surface area contributed by atoms with Gasteiger partial charge in [0.15, 0.2) is 0 Å². The topological polar surface area (TPSA) is 0 Å². The lowest BCUT2D eigenvalue weighted by Gasteiger charge is -2.33. The summed E-state index contributed by atoms with van der Waals surface area (Å²) in [5.41, 5.74) is 12.4. The molecule has 0 saturated heterocycles. The maximum atomic E-state index is 14.8. The van der Waals surface area contributed by atoms with Gasteiger partial charge in [0.05, 0.1) is 11.1 Å². The van der Waals surface area contributed by atoms with Crippen LogP contribution in [0.1, 0.15) is 61.8 Å². The molecule has 0 spiro atoms. The van der Waals surface area contributed by atoms with Gasteiger partial charge in [-0.2, -0.15) is 26.3 Å². The van der Waals surface area contributed by atoms with E-state index in [0.717, 1.165) is 98.5 Å². The number of alkyl halides is 6. The molecule has 56 heavy (non-hydrogen) atoms. The predicted molar refractivity (Wildman–Crippen MR) is 219 cm³/mol. The van der Waals surface area contributed by atoms with Crippen molar-refractivity contribution in [1.29, 1.82) is 0 Å². The van der Waals surface area contributed by atoms with Crippen LogP contribution < -0.4 is 32.8 Å². The van der Waals surface area contributed by atoms with Crippen LogP contribution in [0, 0.1) is 0 Å². The van der Waals surface area contributed by atoms with Crippen LogP contribution in [0.4, 0.5) is 26.3 Å². The van der Waals surface area contributed by atoms with Crippen molar-refractivity contribution in [3.8, 4) is 44.5 Å². The minimum absolute atomic E-state index is 0.0286. The van der Waals surface area contributed by atoms with Crippen molar-refractivity contribution >= 4 is 78.5 Å². The fraction of sp³-hybridized carbons (Fsp3) is 0.167. The molecule has 270 valence electrons. The van der Waals surface area contributed by atoms with Crippen molar-refractivity contribution in [2.45, 2.75) is 51.9 Å². The standard InChI is InChI=1S/C48H30B2F6/c1-21(2)27-17-29-35-15-23(47(51,52)53)13-33-25-9-6-8-12-38(25)50(45(33)35)40-20-32-28(22(3)4)18-30-36-16-24(48(54,55)56)14-34-26-10-5-7-11-37(26)49(46(34)36)39-19-31(27)43(41(29)40)44(32)42(30)39/h5-22H,1-4H3. The lowest BCUT2D eigenvalue weighted by Crippen LogP contribution is -2.53. The summed E-state index contributed by atoms with van der Waals surface area (Å²) < 4.78 is 88.6. The van der Waals surface area contributed by atoms with E-state index in [9.17, 15) is 26.3 Å². The Balaban J connectivity index is 1.33. The lowest BCUT2D eigenvalue weighted by atomic mass is 9.34. The molecular weight excluding hydrogens is 712 g/mol. The Kier molecular flexibility index (Phi) is 6.00. The molecule has 0 nitrogen and oxygen atoms in total. The molecule has 8 aromatic carbocycles. The van der Waals surface area contributed by atoms with Crippen molar-refractivity contribution in [3.05, 3.63) is 119 Å². The van der Waals surface area contributed by atoms with E-state index in [1.165, 1.54) is 24.3 Å². The van der Waals surface area contributed by atoms with Gasteiger partial charge < -0.3 is 0 Å². The highest BCUT2D eigenvalue weighted by atomic mass is 19.4. The first-order valence-corrected chi connectivity index (χ1v) is 19.3. The van der Waals surface area contributed by atoms with Crippen molar-refractivity contribution < 1.29 is 26.3 Å². The Bertz CT molecular complexity index is 2920. The third kappa shape index (κ3) is 3.86. The van der Waals surface area contributed by atoms with Crippen LogP contribution >= 0.6 is 0 Å². The molecule has 0 fully saturated rings. The molecule has 0 saturated carbocycles. The van der Waals surface area contributed by atoms with Crippen LogP contribution in [-0.2, 0) is 12.4 Å². The zero-order valence-electron chi connectivity index (χ0n) is 30.8. The molecule has 0 aromatic heterocycles. The summed E-state index contributed by atoms with van der Waals surface area (Å²) in [4.78, 5) is 0. The first-order valence-electron chi connectivity index (χ1n) is 19.3. The molecule has 0 atom stereocenters. The zero-order valence-corrected chi connectivity index (χ0v) is 30.8. The van der Waals surface area contributed by atoms with Gasteiger partial charge in [0.1, 0.15) is 0 Å². The number of rotatable bonds is 2. The van der Waals surface area contributed by atoms with E-state index in [1.54, 1.807) is 0 Å². The quantitative estimate of drug-likeness (QED) is 0.0941. The molecule has 0 unspecified atom stereocenters. The number of benzene rings is 8. The summed E-state index contributed by atoms with van der Waals surface area (Å²) in [6, 6.07) is 29.9. The third-order valence-electron chi connectivity index (χ3n) is 13.4. The van der Waals surface area contributed by atoms with E-state index in [0.29, 0.717) is 22.3 Å². The van der Waals surface area contributed by atoms with Crippen molar-refractivity contribution in [2.75, 3.05) is 0 Å². The molecule has 12 rings (SSSR count). The van der Waals surface area contributed by atoms with Crippen molar-refractivity contribution in [3.63, 3.8) is 0 Å². The fourth-order valence-electron chi connectivity index (χ4n) is 11.3. The Morgan fingerprint density at radius 3 is 1.11 bits per heavy atom. The van der Waals surface area contributed by atoms with Crippen LogP contribution in [-0.4, -0.2) is 13.4 Å². The van der Waals surface area contributed by atoms with Crippen LogP contribution in [0.25, 0.3) is 76.8 Å². The van der Waals surface area contributed by atoms with Crippen LogP contribution in [0.5, 0.6) is 0 Å². The molecule has 4 aliphatic rings. The summed E-state index contributed by atoms with van der Waals surface area (Å²) in [6.45, 7) is 7.98. The molecule has 8 aromatic rings. The number of hydrogen-bond acceptors (Lipinski definition) is 0. The summed E-state index contributed by atoms with van der Waals surface area (Å²) in [5, 5.41) is 6.00. The first-order chi connectivity index (χ1) is 26.7. The first kappa shape index (κ1) is 32.7. The van der Waals surface area contributed by atoms with E-state index in [-0.39, 0.29) is 25.3 Å². The predicted octanol–water partition coefficient (Wildman–Crippen LogP) is 9.82. The summed E-state index contributed by atoms with van der Waals surface area (Å²) in [7, 11) is 0. The minimum atomic E-state index is -4.55. The number of hydrogen-bond donors (Lipinski definition) is 0. The van der Waals surface area contributed by atoms with Crippen LogP contribution in [0.2, 0.25) is 0 Å². The van der Waals surface area contributed by atoms with Gasteiger partial charge in [0.25, 0.3) is 0 Å². The smallest absolute Gasteiger partial charge is 0.166 e. The Labute approximate surface area is 319 Å². The maximum absolute atomic E-state index is 14.8. The van der Waals surface area contributed by atoms with E-state index < -0.39 is 23.5 Å².